The summed E-state index contributed by atoms with van der Waals surface area (Å²) in [5, 5.41) is 25.5. The van der Waals surface area contributed by atoms with Gasteiger partial charge >= 0.3 is 0 Å². The molecule has 34 heavy (non-hydrogen) atoms. The molecule has 0 radical (unpaired) electrons. The maximum Gasteiger partial charge on any atom is 0.274 e. The molecule has 5 N–H and O–H groups in total. The minimum absolute atomic E-state index is 0.139. The number of anilines is 2. The van der Waals surface area contributed by atoms with Crippen LogP contribution in [0.4, 0.5) is 17.1 Å². The summed E-state index contributed by atoms with van der Waals surface area (Å²) >= 11 is 0. The number of nitro groups is 1. The van der Waals surface area contributed by atoms with Gasteiger partial charge in [-0.1, -0.05) is 18.2 Å². The van der Waals surface area contributed by atoms with Crippen LogP contribution in [0.2, 0.25) is 0 Å². The molecule has 12 nitrogen and oxygen atoms in total. The lowest BCUT2D eigenvalue weighted by Gasteiger charge is -2.43. The molecule has 2 fully saturated rings. The average molecular weight is 468 g/mol. The predicted octanol–water partition coefficient (Wildman–Crippen LogP) is 1.04. The number of hydrogen-bond acceptors (Lipinski definition) is 8. The van der Waals surface area contributed by atoms with E-state index in [-0.39, 0.29) is 17.8 Å². The van der Waals surface area contributed by atoms with Crippen LogP contribution in [-0.2, 0) is 14.4 Å². The number of carbonyl (C=O) groups is 3. The van der Waals surface area contributed by atoms with Crippen LogP contribution in [-0.4, -0.2) is 42.2 Å². The van der Waals surface area contributed by atoms with E-state index in [1.807, 2.05) is 0 Å². The van der Waals surface area contributed by atoms with Gasteiger partial charge < -0.3 is 26.0 Å². The molecule has 4 unspecified atom stereocenters. The van der Waals surface area contributed by atoms with Gasteiger partial charge in [-0.2, -0.15) is 0 Å². The smallest absolute Gasteiger partial charge is 0.274 e. The molecule has 0 aliphatic carbocycles. The van der Waals surface area contributed by atoms with Crippen molar-refractivity contribution in [1.82, 2.24) is 16.0 Å². The Morgan fingerprint density at radius 2 is 1.94 bits per heavy atom. The third kappa shape index (κ3) is 4.62. The van der Waals surface area contributed by atoms with E-state index in [0.29, 0.717) is 17.0 Å². The Kier molecular flexibility index (Phi) is 6.32. The highest BCUT2D eigenvalue weighted by Crippen LogP contribution is 2.30. The maximum absolute atomic E-state index is 13.0. The third-order valence-corrected chi connectivity index (χ3v) is 5.87. The van der Waals surface area contributed by atoms with E-state index in [1.165, 1.54) is 25.3 Å². The van der Waals surface area contributed by atoms with Crippen molar-refractivity contribution in [1.29, 1.82) is 0 Å². The quantitative estimate of drug-likeness (QED) is 0.310. The van der Waals surface area contributed by atoms with E-state index in [2.05, 4.69) is 26.6 Å². The van der Waals surface area contributed by atoms with Crippen LogP contribution in [0.5, 0.6) is 5.75 Å². The molecule has 0 spiro atoms. The van der Waals surface area contributed by atoms with Gasteiger partial charge in [-0.3, -0.25) is 29.8 Å². The minimum atomic E-state index is -0.973. The van der Waals surface area contributed by atoms with Crippen LogP contribution in [0.25, 0.3) is 0 Å². The number of nitrogens with one attached hydrogen (secondary N) is 5. The van der Waals surface area contributed by atoms with Crippen molar-refractivity contribution >= 4 is 34.8 Å². The number of aryl methyl sites for hydroxylation is 1. The summed E-state index contributed by atoms with van der Waals surface area (Å²) in [6, 6.07) is 11.4. The molecular weight excluding hydrogens is 444 g/mol. The van der Waals surface area contributed by atoms with Crippen molar-refractivity contribution in [2.45, 2.75) is 25.8 Å². The molecule has 0 bridgehead atoms. The van der Waals surface area contributed by atoms with E-state index in [4.69, 9.17) is 4.74 Å². The summed E-state index contributed by atoms with van der Waals surface area (Å²) in [7, 11) is 1.52. The summed E-state index contributed by atoms with van der Waals surface area (Å²) in [5.74, 6) is -2.68. The highest BCUT2D eigenvalue weighted by molar-refractivity contribution is 6.00. The Balaban J connectivity index is 1.50. The lowest BCUT2D eigenvalue weighted by atomic mass is 9.81. The first-order chi connectivity index (χ1) is 16.3. The number of piperidine rings is 1. The van der Waals surface area contributed by atoms with Crippen LogP contribution in [0.3, 0.4) is 0 Å². The average Bonchev–Trinajstić information content (AvgIpc) is 2.79. The topological polar surface area (TPSA) is 164 Å². The summed E-state index contributed by atoms with van der Waals surface area (Å²) in [6.45, 7) is 1.59. The van der Waals surface area contributed by atoms with Crippen molar-refractivity contribution in [3.05, 3.63) is 58.1 Å². The molecule has 2 heterocycles. The van der Waals surface area contributed by atoms with Crippen molar-refractivity contribution in [3.63, 3.8) is 0 Å². The second-order valence-corrected chi connectivity index (χ2v) is 8.08. The van der Waals surface area contributed by atoms with Gasteiger partial charge in [0.05, 0.1) is 35.7 Å². The van der Waals surface area contributed by atoms with Crippen molar-refractivity contribution < 1.29 is 24.0 Å². The van der Waals surface area contributed by atoms with E-state index in [0.717, 1.165) is 0 Å². The van der Waals surface area contributed by atoms with Gasteiger partial charge in [-0.15, -0.1) is 0 Å². The van der Waals surface area contributed by atoms with Crippen LogP contribution in [0.1, 0.15) is 12.0 Å². The van der Waals surface area contributed by atoms with Gasteiger partial charge in [0, 0.05) is 23.7 Å². The number of hydrogen-bond donors (Lipinski definition) is 5. The number of carbonyl (C=O) groups excluding carboxylic acids is 3. The normalized spacial score (nSPS) is 23.7. The molecule has 2 aliphatic rings. The number of methoxy groups -OCH3 is 1. The molecule has 2 aliphatic heterocycles. The van der Waals surface area contributed by atoms with Crippen LogP contribution in [0.15, 0.2) is 42.5 Å². The first kappa shape index (κ1) is 23.0. The molecule has 4 atom stereocenters. The van der Waals surface area contributed by atoms with E-state index < -0.39 is 46.9 Å². The molecule has 2 aromatic carbocycles. The number of nitro benzene ring substituents is 1. The molecule has 3 amide bonds. The molecule has 178 valence electrons. The summed E-state index contributed by atoms with van der Waals surface area (Å²) in [5.41, 5.74) is 1.15. The Hall–Kier alpha value is -4.19. The number of benzene rings is 2. The van der Waals surface area contributed by atoms with Gasteiger partial charge in [0.25, 0.3) is 5.69 Å². The zero-order chi connectivity index (χ0) is 24.4. The first-order valence-electron chi connectivity index (χ1n) is 10.6. The standard InChI is InChI=1S/C22H24N6O6/c1-11-7-8-12(9-15(11)28(32)33)23-20(30)13-10-17(29)25-19-18(13)21(31)27-22(26-19)24-14-5-3-4-6-16(14)34-2/h3-9,13,18-19,22,24,26H,10H2,1-2H3,(H,23,30)(H,25,29)(H,27,31). The second-order valence-electron chi connectivity index (χ2n) is 8.08. The van der Waals surface area contributed by atoms with E-state index in [9.17, 15) is 24.5 Å². The zero-order valence-corrected chi connectivity index (χ0v) is 18.5. The van der Waals surface area contributed by atoms with Crippen molar-refractivity contribution in [3.8, 4) is 5.75 Å². The van der Waals surface area contributed by atoms with E-state index >= 15 is 0 Å². The highest BCUT2D eigenvalue weighted by Gasteiger charge is 2.48. The summed E-state index contributed by atoms with van der Waals surface area (Å²) in [4.78, 5) is 49.1. The molecule has 4 rings (SSSR count). The number of fused-ring (bicyclic) bond motifs is 1. The largest absolute Gasteiger partial charge is 0.495 e. The second kappa shape index (κ2) is 9.35. The monoisotopic (exact) mass is 468 g/mol. The zero-order valence-electron chi connectivity index (χ0n) is 18.5. The highest BCUT2D eigenvalue weighted by atomic mass is 16.6. The summed E-state index contributed by atoms with van der Waals surface area (Å²) < 4.78 is 5.31. The molecular formula is C22H24N6O6. The number of amides is 3. The lowest BCUT2D eigenvalue weighted by Crippen LogP contribution is -2.72. The minimum Gasteiger partial charge on any atom is -0.495 e. The molecule has 0 aromatic heterocycles. The fourth-order valence-corrected chi connectivity index (χ4v) is 4.19. The fraction of sp³-hybridized carbons (Fsp3) is 0.318. The van der Waals surface area contributed by atoms with Gasteiger partial charge in [0.1, 0.15) is 5.75 Å². The first-order valence-corrected chi connectivity index (χ1v) is 10.6. The van der Waals surface area contributed by atoms with Gasteiger partial charge in [-0.25, -0.2) is 0 Å². The SMILES string of the molecule is COc1ccccc1NC1NC(=O)C2C(NC(=O)CC2C(=O)Nc2ccc(C)c([N+](=O)[O-])c2)N1. The van der Waals surface area contributed by atoms with Crippen LogP contribution < -0.4 is 31.3 Å². The van der Waals surface area contributed by atoms with Crippen LogP contribution >= 0.6 is 0 Å². The van der Waals surface area contributed by atoms with Gasteiger partial charge in [-0.05, 0) is 25.1 Å². The van der Waals surface area contributed by atoms with Gasteiger partial charge in [0.15, 0.2) is 6.29 Å². The van der Waals surface area contributed by atoms with Crippen LogP contribution in [0, 0.1) is 28.9 Å². The lowest BCUT2D eigenvalue weighted by molar-refractivity contribution is -0.385. The maximum atomic E-state index is 13.0. The molecule has 2 aromatic rings. The Morgan fingerprint density at radius 1 is 1.18 bits per heavy atom. The molecule has 12 heteroatoms. The number of para-hydroxylation sites is 2. The van der Waals surface area contributed by atoms with Crippen molar-refractivity contribution in [2.75, 3.05) is 17.7 Å². The molecule has 0 saturated carbocycles. The Morgan fingerprint density at radius 3 is 2.68 bits per heavy atom. The molecule has 2 saturated heterocycles. The number of nitrogens with zero attached hydrogens (tertiary/aromatic N) is 1. The number of rotatable bonds is 6. The summed E-state index contributed by atoms with van der Waals surface area (Å²) in [6.07, 6.45) is -1.72. The number of ether oxygens (including phenoxy) is 1. The Labute approximate surface area is 194 Å². The third-order valence-electron chi connectivity index (χ3n) is 5.87. The van der Waals surface area contributed by atoms with Crippen molar-refractivity contribution in [2.24, 2.45) is 11.8 Å². The fourth-order valence-electron chi connectivity index (χ4n) is 4.19. The Bertz CT molecular complexity index is 1150. The van der Waals surface area contributed by atoms with E-state index in [1.54, 1.807) is 31.2 Å². The predicted molar refractivity (Wildman–Crippen MR) is 122 cm³/mol. The van der Waals surface area contributed by atoms with Gasteiger partial charge in [0.2, 0.25) is 17.7 Å².